The number of fused-ring (bicyclic) bond motifs is 1. The molecule has 1 saturated carbocycles. The highest BCUT2D eigenvalue weighted by molar-refractivity contribution is 8.00. The molecule has 152 valence electrons. The Morgan fingerprint density at radius 2 is 1.79 bits per heavy atom. The molecule has 29 heavy (non-hydrogen) atoms. The lowest BCUT2D eigenvalue weighted by Gasteiger charge is -2.29. The molecule has 1 aliphatic heterocycles. The van der Waals surface area contributed by atoms with Crippen molar-refractivity contribution < 1.29 is 18.0 Å². The van der Waals surface area contributed by atoms with Gasteiger partial charge in [-0.15, -0.1) is 11.8 Å². The van der Waals surface area contributed by atoms with Crippen LogP contribution >= 0.6 is 23.4 Å². The summed E-state index contributed by atoms with van der Waals surface area (Å²) in [7, 11) is -3.36. The molecule has 2 aromatic rings. The first-order chi connectivity index (χ1) is 13.9. The summed E-state index contributed by atoms with van der Waals surface area (Å²) in [5.41, 5.74) is 0.778. The number of benzene rings is 2. The lowest BCUT2D eigenvalue weighted by molar-refractivity contribution is -0.122. The third-order valence-electron chi connectivity index (χ3n) is 5.58. The Bertz CT molecular complexity index is 1060. The van der Waals surface area contributed by atoms with Gasteiger partial charge >= 0.3 is 0 Å². The van der Waals surface area contributed by atoms with Crippen LogP contribution in [0.25, 0.3) is 0 Å². The van der Waals surface area contributed by atoms with Crippen molar-refractivity contribution in [3.05, 3.63) is 58.6 Å². The zero-order valence-corrected chi connectivity index (χ0v) is 18.2. The number of thioether (sulfide) groups is 1. The molecule has 4 nitrogen and oxygen atoms in total. The van der Waals surface area contributed by atoms with Gasteiger partial charge in [0, 0.05) is 22.1 Å². The standard InChI is InChI=1S/C22H21ClO4S2/c23-21-15-8-5-13-29(26,27)19(15)12-11-16(21)22(25)20-17(24)9-4-10-18(20)28-14-6-2-1-3-7-14/h1-3,6-7,11-12,18,20H,4-5,8-10,13H2. The average Bonchev–Trinajstić information content (AvgIpc) is 2.69. The third-order valence-corrected chi connectivity index (χ3v) is 9.25. The minimum absolute atomic E-state index is 0.0592. The molecule has 7 heteroatoms. The number of rotatable bonds is 4. The molecule has 0 aromatic heterocycles. The zero-order chi connectivity index (χ0) is 20.6. The molecule has 0 saturated heterocycles. The first-order valence-electron chi connectivity index (χ1n) is 9.71. The van der Waals surface area contributed by atoms with Crippen molar-refractivity contribution in [1.82, 2.24) is 0 Å². The van der Waals surface area contributed by atoms with Crippen LogP contribution in [-0.2, 0) is 21.1 Å². The van der Waals surface area contributed by atoms with Crippen LogP contribution in [-0.4, -0.2) is 31.0 Å². The topological polar surface area (TPSA) is 68.3 Å². The SMILES string of the molecule is O=C1CCCC(Sc2ccccc2)C1C(=O)c1ccc2c(c1Cl)CCCS2(=O)=O. The summed E-state index contributed by atoms with van der Waals surface area (Å²) in [6.45, 7) is 0. The van der Waals surface area contributed by atoms with E-state index in [2.05, 4.69) is 0 Å². The van der Waals surface area contributed by atoms with Crippen molar-refractivity contribution in [3.8, 4) is 0 Å². The minimum Gasteiger partial charge on any atom is -0.299 e. The van der Waals surface area contributed by atoms with E-state index in [1.165, 1.54) is 12.1 Å². The van der Waals surface area contributed by atoms with Crippen LogP contribution in [0.1, 0.15) is 41.6 Å². The highest BCUT2D eigenvalue weighted by atomic mass is 35.5. The molecule has 2 aromatic carbocycles. The molecule has 1 fully saturated rings. The van der Waals surface area contributed by atoms with Gasteiger partial charge in [0.2, 0.25) is 0 Å². The number of ketones is 2. The molecule has 1 heterocycles. The van der Waals surface area contributed by atoms with Crippen molar-refractivity contribution in [3.63, 3.8) is 0 Å². The van der Waals surface area contributed by atoms with E-state index in [1.54, 1.807) is 11.8 Å². The van der Waals surface area contributed by atoms with Gasteiger partial charge in [0.1, 0.15) is 5.78 Å². The molecule has 0 bridgehead atoms. The molecule has 0 amide bonds. The minimum atomic E-state index is -3.36. The number of carbonyl (C=O) groups is 2. The second-order valence-electron chi connectivity index (χ2n) is 7.50. The Morgan fingerprint density at radius 1 is 1.03 bits per heavy atom. The molecule has 0 spiro atoms. The summed E-state index contributed by atoms with van der Waals surface area (Å²) in [5, 5.41) is 0.0413. The number of halogens is 1. The normalized spacial score (nSPS) is 23.4. The zero-order valence-electron chi connectivity index (χ0n) is 15.8. The Kier molecular flexibility index (Phi) is 5.87. The smallest absolute Gasteiger partial charge is 0.178 e. The first kappa shape index (κ1) is 20.6. The molecule has 2 aliphatic rings. The summed E-state index contributed by atoms with van der Waals surface area (Å²) in [5.74, 6) is -1.01. The van der Waals surface area contributed by atoms with Crippen LogP contribution < -0.4 is 0 Å². The average molecular weight is 449 g/mol. The summed E-state index contributed by atoms with van der Waals surface area (Å²) in [6, 6.07) is 12.7. The van der Waals surface area contributed by atoms with Crippen LogP contribution in [0.15, 0.2) is 52.3 Å². The Balaban J connectivity index is 1.69. The largest absolute Gasteiger partial charge is 0.299 e. The maximum Gasteiger partial charge on any atom is 0.178 e. The predicted octanol–water partition coefficient (Wildman–Crippen LogP) is 4.77. The third kappa shape index (κ3) is 4.03. The Labute approximate surface area is 180 Å². The maximum absolute atomic E-state index is 13.4. The van der Waals surface area contributed by atoms with E-state index in [0.717, 1.165) is 17.7 Å². The Hall–Kier alpha value is -1.63. The lowest BCUT2D eigenvalue weighted by atomic mass is 9.82. The second kappa shape index (κ2) is 8.25. The van der Waals surface area contributed by atoms with E-state index in [9.17, 15) is 18.0 Å². The highest BCUT2D eigenvalue weighted by Gasteiger charge is 2.40. The number of carbonyl (C=O) groups excluding carboxylic acids is 2. The van der Waals surface area contributed by atoms with Gasteiger partial charge in [0.15, 0.2) is 15.6 Å². The van der Waals surface area contributed by atoms with E-state index in [4.69, 9.17) is 11.6 Å². The van der Waals surface area contributed by atoms with Crippen LogP contribution in [0, 0.1) is 5.92 Å². The fourth-order valence-electron chi connectivity index (χ4n) is 4.16. The second-order valence-corrected chi connectivity index (χ2v) is 11.3. The number of Topliss-reactive ketones (excluding diaryl/α,β-unsaturated/α-hetero) is 2. The summed E-state index contributed by atoms with van der Waals surface area (Å²) >= 11 is 8.07. The van der Waals surface area contributed by atoms with Gasteiger partial charge in [-0.05, 0) is 55.5 Å². The fourth-order valence-corrected chi connectivity index (χ4v) is 7.52. The van der Waals surface area contributed by atoms with Gasteiger partial charge in [0.25, 0.3) is 0 Å². The first-order valence-corrected chi connectivity index (χ1v) is 12.6. The van der Waals surface area contributed by atoms with E-state index in [-0.39, 0.29) is 38.1 Å². The molecule has 4 rings (SSSR count). The highest BCUT2D eigenvalue weighted by Crippen LogP contribution is 2.40. The molecule has 0 N–H and O–H groups in total. The van der Waals surface area contributed by atoms with Gasteiger partial charge in [-0.1, -0.05) is 29.8 Å². The van der Waals surface area contributed by atoms with Crippen molar-refractivity contribution in [2.45, 2.75) is 47.1 Å². The fraction of sp³-hybridized carbons (Fsp3) is 0.364. The van der Waals surface area contributed by atoms with Crippen LogP contribution in [0.2, 0.25) is 5.02 Å². The van der Waals surface area contributed by atoms with Gasteiger partial charge < -0.3 is 0 Å². The van der Waals surface area contributed by atoms with Crippen LogP contribution in [0.5, 0.6) is 0 Å². The summed E-state index contributed by atoms with van der Waals surface area (Å²) in [4.78, 5) is 27.4. The molecular weight excluding hydrogens is 428 g/mol. The molecule has 1 aliphatic carbocycles. The van der Waals surface area contributed by atoms with Crippen molar-refractivity contribution >= 4 is 44.8 Å². The molecular formula is C22H21ClO4S2. The maximum atomic E-state index is 13.4. The van der Waals surface area contributed by atoms with Crippen molar-refractivity contribution in [2.24, 2.45) is 5.92 Å². The van der Waals surface area contributed by atoms with Crippen LogP contribution in [0.4, 0.5) is 0 Å². The van der Waals surface area contributed by atoms with Gasteiger partial charge in [-0.25, -0.2) is 8.42 Å². The number of hydrogen-bond donors (Lipinski definition) is 0. The Morgan fingerprint density at radius 3 is 2.55 bits per heavy atom. The number of hydrogen-bond acceptors (Lipinski definition) is 5. The molecule has 2 atom stereocenters. The summed E-state index contributed by atoms with van der Waals surface area (Å²) < 4.78 is 24.6. The van der Waals surface area contributed by atoms with E-state index in [0.29, 0.717) is 24.8 Å². The van der Waals surface area contributed by atoms with E-state index >= 15 is 0 Å². The monoisotopic (exact) mass is 448 g/mol. The van der Waals surface area contributed by atoms with E-state index < -0.39 is 15.8 Å². The quantitative estimate of drug-likeness (QED) is 0.497. The lowest BCUT2D eigenvalue weighted by Crippen LogP contribution is -2.37. The number of sulfone groups is 1. The summed E-state index contributed by atoms with van der Waals surface area (Å²) in [6.07, 6.45) is 2.94. The predicted molar refractivity (Wildman–Crippen MR) is 115 cm³/mol. The molecule has 2 unspecified atom stereocenters. The van der Waals surface area contributed by atoms with E-state index in [1.807, 2.05) is 30.3 Å². The molecule has 0 radical (unpaired) electrons. The van der Waals surface area contributed by atoms with Gasteiger partial charge in [-0.3, -0.25) is 9.59 Å². The van der Waals surface area contributed by atoms with Crippen LogP contribution in [0.3, 0.4) is 0 Å². The van der Waals surface area contributed by atoms with Crippen molar-refractivity contribution in [2.75, 3.05) is 5.75 Å². The van der Waals surface area contributed by atoms with Gasteiger partial charge in [0.05, 0.1) is 21.6 Å². The van der Waals surface area contributed by atoms with Gasteiger partial charge in [-0.2, -0.15) is 0 Å². The van der Waals surface area contributed by atoms with Crippen molar-refractivity contribution in [1.29, 1.82) is 0 Å².